The molecular formula is C32H37F2N7O2. The second kappa shape index (κ2) is 11.6. The molecule has 0 bridgehead atoms. The predicted octanol–water partition coefficient (Wildman–Crippen LogP) is 4.36. The molecule has 4 aromatic rings. The fourth-order valence-electron chi connectivity index (χ4n) is 6.87. The van der Waals surface area contributed by atoms with Crippen molar-refractivity contribution < 1.29 is 18.3 Å². The lowest BCUT2D eigenvalue weighted by atomic mass is 9.89. The molecule has 2 aliphatic rings. The maximum atomic E-state index is 15.5. The van der Waals surface area contributed by atoms with E-state index in [1.54, 1.807) is 42.3 Å². The van der Waals surface area contributed by atoms with Crippen LogP contribution in [-0.4, -0.2) is 57.8 Å². The lowest BCUT2D eigenvalue weighted by molar-refractivity contribution is -0.120. The van der Waals surface area contributed by atoms with Crippen molar-refractivity contribution in [3.63, 3.8) is 0 Å². The number of anilines is 1. The van der Waals surface area contributed by atoms with E-state index in [2.05, 4.69) is 32.2 Å². The molecule has 0 radical (unpaired) electrons. The third-order valence-electron chi connectivity index (χ3n) is 9.03. The van der Waals surface area contributed by atoms with Gasteiger partial charge in [0.15, 0.2) is 0 Å². The molecule has 0 spiro atoms. The molecule has 226 valence electrons. The van der Waals surface area contributed by atoms with E-state index in [9.17, 15) is 4.79 Å². The Morgan fingerprint density at radius 2 is 1.88 bits per heavy atom. The van der Waals surface area contributed by atoms with Crippen LogP contribution in [-0.2, 0) is 21.6 Å². The number of halogens is 2. The Morgan fingerprint density at radius 1 is 1.14 bits per heavy atom. The van der Waals surface area contributed by atoms with Crippen molar-refractivity contribution in [2.75, 3.05) is 25.1 Å². The van der Waals surface area contributed by atoms with Gasteiger partial charge in [-0.05, 0) is 54.7 Å². The summed E-state index contributed by atoms with van der Waals surface area (Å²) in [6, 6.07) is 7.75. The number of piperidine rings is 1. The Balaban J connectivity index is 1.30. The van der Waals surface area contributed by atoms with Crippen molar-refractivity contribution in [1.82, 2.24) is 24.9 Å². The third-order valence-corrected chi connectivity index (χ3v) is 9.03. The van der Waals surface area contributed by atoms with Crippen LogP contribution < -0.4 is 16.0 Å². The summed E-state index contributed by atoms with van der Waals surface area (Å²) < 4.78 is 38.5. The Kier molecular flexibility index (Phi) is 7.87. The topological polar surface area (TPSA) is 111 Å². The van der Waals surface area contributed by atoms with Crippen LogP contribution in [0.3, 0.4) is 0 Å². The number of amides is 1. The standard InChI is InChI=1S/C32H37F2N7O2/c1-19-17-40(18-26(35)31(19)38-20(2)42)28-8-11-36-15-21(28)12-29-37-16-23-6-7-27(39-41(23)29)30-24(33)13-22(14-25(30)34)32(43-3)9-4-5-10-32/h6-8,11,13-16,19,26,31H,4-5,9-10,12,17-18,35H2,1-3H3,(H,38,42)/t19-,26+,31-/m0/s1. The van der Waals surface area contributed by atoms with Crippen LogP contribution in [0, 0.1) is 17.6 Å². The van der Waals surface area contributed by atoms with Gasteiger partial charge in [0, 0.05) is 69.3 Å². The zero-order valence-corrected chi connectivity index (χ0v) is 24.7. The monoisotopic (exact) mass is 589 g/mol. The van der Waals surface area contributed by atoms with Crippen LogP contribution in [0.2, 0.25) is 0 Å². The summed E-state index contributed by atoms with van der Waals surface area (Å²) in [5, 5.41) is 7.63. The molecule has 1 aromatic carbocycles. The number of carbonyl (C=O) groups is 1. The quantitative estimate of drug-likeness (QED) is 0.330. The van der Waals surface area contributed by atoms with E-state index in [0.29, 0.717) is 36.4 Å². The number of methoxy groups -OCH3 is 1. The first-order valence-corrected chi connectivity index (χ1v) is 14.8. The number of ether oxygens (including phenoxy) is 1. The smallest absolute Gasteiger partial charge is 0.217 e. The second-order valence-electron chi connectivity index (χ2n) is 11.9. The second-order valence-corrected chi connectivity index (χ2v) is 11.9. The molecule has 3 N–H and O–H groups in total. The van der Waals surface area contributed by atoms with Crippen molar-refractivity contribution in [2.24, 2.45) is 11.7 Å². The van der Waals surface area contributed by atoms with E-state index in [1.807, 2.05) is 6.07 Å². The highest BCUT2D eigenvalue weighted by Gasteiger charge is 2.37. The van der Waals surface area contributed by atoms with Crippen LogP contribution in [0.15, 0.2) is 48.9 Å². The summed E-state index contributed by atoms with van der Waals surface area (Å²) in [4.78, 5) is 22.8. The molecule has 2 fully saturated rings. The molecule has 4 heterocycles. The van der Waals surface area contributed by atoms with E-state index in [4.69, 9.17) is 10.5 Å². The molecule has 1 amide bonds. The summed E-state index contributed by atoms with van der Waals surface area (Å²) in [5.74, 6) is -0.692. The number of carbonyl (C=O) groups excluding carboxylic acids is 1. The Hall–Kier alpha value is -3.96. The first kappa shape index (κ1) is 29.1. The van der Waals surface area contributed by atoms with Crippen molar-refractivity contribution in [3.8, 4) is 11.3 Å². The molecule has 3 atom stereocenters. The predicted molar refractivity (Wildman–Crippen MR) is 159 cm³/mol. The van der Waals surface area contributed by atoms with E-state index >= 15 is 8.78 Å². The molecule has 1 aliphatic heterocycles. The first-order chi connectivity index (χ1) is 20.7. The Morgan fingerprint density at radius 3 is 2.56 bits per heavy atom. The fourth-order valence-corrected chi connectivity index (χ4v) is 6.87. The Labute approximate surface area is 249 Å². The van der Waals surface area contributed by atoms with Gasteiger partial charge in [0.05, 0.1) is 28.6 Å². The summed E-state index contributed by atoms with van der Waals surface area (Å²) in [7, 11) is 1.60. The molecule has 6 rings (SSSR count). The SMILES string of the molecule is COC1(c2cc(F)c(-c3ccc4cnc(Cc5cnccc5N5C[C@@H](N)[C@@H](NC(C)=O)[C@@H](C)C5)n4n3)c(F)c2)CCCC1. The zero-order chi connectivity index (χ0) is 30.3. The highest BCUT2D eigenvalue weighted by Crippen LogP contribution is 2.43. The number of nitrogens with zero attached hydrogens (tertiary/aromatic N) is 5. The van der Waals surface area contributed by atoms with Gasteiger partial charge in [0.2, 0.25) is 5.91 Å². The highest BCUT2D eigenvalue weighted by molar-refractivity contribution is 5.73. The zero-order valence-electron chi connectivity index (χ0n) is 24.7. The summed E-state index contributed by atoms with van der Waals surface area (Å²) >= 11 is 0. The molecule has 1 saturated heterocycles. The number of nitrogens with one attached hydrogen (secondary N) is 1. The van der Waals surface area contributed by atoms with Crippen molar-refractivity contribution in [1.29, 1.82) is 0 Å². The number of pyridine rings is 1. The molecule has 1 aliphatic carbocycles. The molecule has 9 nitrogen and oxygen atoms in total. The maximum Gasteiger partial charge on any atom is 0.217 e. The lowest BCUT2D eigenvalue weighted by Gasteiger charge is -2.43. The van der Waals surface area contributed by atoms with Gasteiger partial charge in [-0.25, -0.2) is 18.3 Å². The number of hydrogen-bond donors (Lipinski definition) is 2. The number of aromatic nitrogens is 4. The largest absolute Gasteiger partial charge is 0.374 e. The van der Waals surface area contributed by atoms with E-state index in [0.717, 1.165) is 36.9 Å². The van der Waals surface area contributed by atoms with Crippen LogP contribution in [0.25, 0.3) is 16.8 Å². The minimum atomic E-state index is -0.672. The van der Waals surface area contributed by atoms with Crippen LogP contribution in [0.5, 0.6) is 0 Å². The lowest BCUT2D eigenvalue weighted by Crippen LogP contribution is -2.61. The number of imidazole rings is 1. The number of nitrogens with two attached hydrogens (primary N) is 1. The number of hydrogen-bond acceptors (Lipinski definition) is 7. The van der Waals surface area contributed by atoms with Gasteiger partial charge >= 0.3 is 0 Å². The fraction of sp³-hybridized carbons (Fsp3) is 0.438. The average molecular weight is 590 g/mol. The van der Waals surface area contributed by atoms with Crippen molar-refractivity contribution in [3.05, 3.63) is 77.5 Å². The molecule has 3 aromatic heterocycles. The molecule has 43 heavy (non-hydrogen) atoms. The highest BCUT2D eigenvalue weighted by atomic mass is 19.1. The summed E-state index contributed by atoms with van der Waals surface area (Å²) in [5.41, 5.74) is 8.96. The Bertz CT molecular complexity index is 1620. The minimum absolute atomic E-state index is 0.0909. The average Bonchev–Trinajstić information content (AvgIpc) is 3.63. The van der Waals surface area contributed by atoms with Crippen molar-refractivity contribution in [2.45, 2.75) is 63.6 Å². The van der Waals surface area contributed by atoms with Gasteiger partial charge in [-0.1, -0.05) is 19.8 Å². The van der Waals surface area contributed by atoms with E-state index < -0.39 is 17.2 Å². The molecule has 11 heteroatoms. The summed E-state index contributed by atoms with van der Waals surface area (Å²) in [6.07, 6.45) is 9.01. The van der Waals surface area contributed by atoms with Gasteiger partial charge in [-0.3, -0.25) is 9.78 Å². The van der Waals surface area contributed by atoms with Gasteiger partial charge in [-0.2, -0.15) is 5.10 Å². The maximum absolute atomic E-state index is 15.5. The van der Waals surface area contributed by atoms with Gasteiger partial charge in [0.1, 0.15) is 17.5 Å². The van der Waals surface area contributed by atoms with Gasteiger partial charge in [0.25, 0.3) is 0 Å². The van der Waals surface area contributed by atoms with Crippen molar-refractivity contribution >= 4 is 17.1 Å². The van der Waals surface area contributed by atoms with Gasteiger partial charge in [-0.15, -0.1) is 0 Å². The van der Waals surface area contributed by atoms with Gasteiger partial charge < -0.3 is 20.7 Å². The molecule has 1 saturated carbocycles. The number of rotatable bonds is 7. The first-order valence-electron chi connectivity index (χ1n) is 14.8. The summed E-state index contributed by atoms with van der Waals surface area (Å²) in [6.45, 7) is 4.86. The molecular weight excluding hydrogens is 552 g/mol. The van der Waals surface area contributed by atoms with Crippen LogP contribution in [0.1, 0.15) is 56.5 Å². The minimum Gasteiger partial charge on any atom is -0.374 e. The van der Waals surface area contributed by atoms with Crippen LogP contribution in [0.4, 0.5) is 14.5 Å². The normalized spacial score (nSPS) is 21.8. The number of fused-ring (bicyclic) bond motifs is 1. The van der Waals surface area contributed by atoms with E-state index in [1.165, 1.54) is 19.1 Å². The number of benzene rings is 1. The molecule has 0 unspecified atom stereocenters. The van der Waals surface area contributed by atoms with E-state index in [-0.39, 0.29) is 35.2 Å². The third kappa shape index (κ3) is 5.47. The van der Waals surface area contributed by atoms with Crippen LogP contribution >= 0.6 is 0 Å².